The van der Waals surface area contributed by atoms with Crippen LogP contribution in [-0.4, -0.2) is 23.0 Å². The van der Waals surface area contributed by atoms with Crippen molar-refractivity contribution in [1.29, 1.82) is 0 Å². The third kappa shape index (κ3) is 4.21. The van der Waals surface area contributed by atoms with E-state index in [-0.39, 0.29) is 0 Å². The van der Waals surface area contributed by atoms with Gasteiger partial charge in [0.2, 0.25) is 0 Å². The van der Waals surface area contributed by atoms with Crippen LogP contribution in [0.2, 0.25) is 0 Å². The molecule has 0 aromatic rings. The number of ketones is 1. The van der Waals surface area contributed by atoms with Crippen molar-refractivity contribution < 1.29 is 4.79 Å². The highest BCUT2D eigenvalue weighted by atomic mass is 32.2. The lowest BCUT2D eigenvalue weighted by atomic mass is 10.2. The first-order chi connectivity index (χ1) is 5.79. The lowest BCUT2D eigenvalue weighted by Gasteiger charge is -2.05. The number of Topliss-reactive ketones (excluding diaryl/α,β-unsaturated/α-hetero) is 1. The summed E-state index contributed by atoms with van der Waals surface area (Å²) in [6, 6.07) is 0. The molecule has 0 spiro atoms. The lowest BCUT2D eigenvalue weighted by Crippen LogP contribution is -2.02. The van der Waals surface area contributed by atoms with Crippen LogP contribution in [-0.2, 0) is 4.79 Å². The van der Waals surface area contributed by atoms with E-state index in [1.54, 1.807) is 11.8 Å². The normalized spacial score (nSPS) is 26.1. The van der Waals surface area contributed by atoms with Gasteiger partial charge in [0.15, 0.2) is 0 Å². The molecule has 0 aromatic carbocycles. The van der Waals surface area contributed by atoms with Crippen LogP contribution in [0.25, 0.3) is 0 Å². The Morgan fingerprint density at radius 2 is 2.25 bits per heavy atom. The Hall–Kier alpha value is 0.110. The van der Waals surface area contributed by atoms with E-state index < -0.39 is 0 Å². The molecule has 0 aromatic heterocycles. The van der Waals surface area contributed by atoms with Crippen molar-refractivity contribution >= 4 is 29.3 Å². The van der Waals surface area contributed by atoms with E-state index in [2.05, 4.69) is 13.0 Å². The molecule has 0 aliphatic carbocycles. The third-order valence-electron chi connectivity index (χ3n) is 1.68. The standard InChI is InChI=1S/C9H14OS2/c1-8-3-2-4-9(10)7-11-5-6-12-8/h3H,2,4-7H2,1H3/b8-3-. The van der Waals surface area contributed by atoms with Crippen molar-refractivity contribution in [2.45, 2.75) is 19.8 Å². The number of carbonyl (C=O) groups is 1. The van der Waals surface area contributed by atoms with Crippen LogP contribution in [0.1, 0.15) is 19.8 Å². The quantitative estimate of drug-likeness (QED) is 0.601. The summed E-state index contributed by atoms with van der Waals surface area (Å²) in [4.78, 5) is 12.5. The van der Waals surface area contributed by atoms with Gasteiger partial charge in [0.25, 0.3) is 0 Å². The van der Waals surface area contributed by atoms with E-state index >= 15 is 0 Å². The molecule has 0 fully saturated rings. The van der Waals surface area contributed by atoms with Gasteiger partial charge in [-0.2, -0.15) is 11.8 Å². The molecule has 0 radical (unpaired) electrons. The van der Waals surface area contributed by atoms with Crippen LogP contribution in [0.5, 0.6) is 0 Å². The Kier molecular flexibility index (Phi) is 4.84. The second-order valence-electron chi connectivity index (χ2n) is 2.79. The predicted octanol–water partition coefficient (Wildman–Crippen LogP) is 2.72. The highest BCUT2D eigenvalue weighted by Gasteiger charge is 2.03. The minimum atomic E-state index is 0.399. The molecule has 0 saturated carbocycles. The number of carbonyl (C=O) groups excluding carboxylic acids is 1. The Bertz CT molecular complexity index is 187. The van der Waals surface area contributed by atoms with Gasteiger partial charge in [-0.3, -0.25) is 4.79 Å². The second kappa shape index (κ2) is 5.70. The van der Waals surface area contributed by atoms with Gasteiger partial charge in [0, 0.05) is 17.9 Å². The summed E-state index contributed by atoms with van der Waals surface area (Å²) >= 11 is 3.67. The maximum Gasteiger partial charge on any atom is 0.143 e. The van der Waals surface area contributed by atoms with E-state index in [0.717, 1.165) is 24.3 Å². The highest BCUT2D eigenvalue weighted by molar-refractivity contribution is 8.05. The molecule has 3 heteroatoms. The molecule has 0 unspecified atom stereocenters. The molecule has 1 nitrogen and oxygen atoms in total. The van der Waals surface area contributed by atoms with Gasteiger partial charge in [-0.15, -0.1) is 11.8 Å². The zero-order valence-electron chi connectivity index (χ0n) is 7.34. The van der Waals surface area contributed by atoms with Crippen LogP contribution in [0.3, 0.4) is 0 Å². The smallest absolute Gasteiger partial charge is 0.143 e. The van der Waals surface area contributed by atoms with Crippen molar-refractivity contribution in [3.63, 3.8) is 0 Å². The Labute approximate surface area is 82.4 Å². The monoisotopic (exact) mass is 202 g/mol. The van der Waals surface area contributed by atoms with Crippen molar-refractivity contribution in [2.24, 2.45) is 0 Å². The van der Waals surface area contributed by atoms with Gasteiger partial charge >= 0.3 is 0 Å². The van der Waals surface area contributed by atoms with Gasteiger partial charge in [0.1, 0.15) is 5.78 Å². The number of hydrogen-bond acceptors (Lipinski definition) is 3. The zero-order valence-corrected chi connectivity index (χ0v) is 8.97. The molecule has 0 amide bonds. The third-order valence-corrected chi connectivity index (χ3v) is 3.98. The summed E-state index contributed by atoms with van der Waals surface area (Å²) < 4.78 is 0. The fraction of sp³-hybridized carbons (Fsp3) is 0.667. The van der Waals surface area contributed by atoms with Gasteiger partial charge in [-0.25, -0.2) is 0 Å². The number of rotatable bonds is 0. The first-order valence-electron chi connectivity index (χ1n) is 4.18. The number of allylic oxidation sites excluding steroid dienone is 2. The van der Waals surface area contributed by atoms with Gasteiger partial charge in [-0.1, -0.05) is 6.08 Å². The number of hydrogen-bond donors (Lipinski definition) is 0. The molecule has 1 heterocycles. The fourth-order valence-corrected chi connectivity index (χ4v) is 2.89. The fourth-order valence-electron chi connectivity index (χ4n) is 1.02. The van der Waals surface area contributed by atoms with E-state index in [4.69, 9.17) is 0 Å². The van der Waals surface area contributed by atoms with Crippen molar-refractivity contribution in [3.8, 4) is 0 Å². The van der Waals surface area contributed by atoms with Crippen molar-refractivity contribution in [1.82, 2.24) is 0 Å². The molecule has 1 rings (SSSR count). The highest BCUT2D eigenvalue weighted by Crippen LogP contribution is 2.19. The lowest BCUT2D eigenvalue weighted by molar-refractivity contribution is -0.116. The van der Waals surface area contributed by atoms with E-state index in [0.29, 0.717) is 11.5 Å². The molecule has 1 aliphatic heterocycles. The average molecular weight is 202 g/mol. The Balaban J connectivity index is 2.41. The summed E-state index contributed by atoms with van der Waals surface area (Å²) in [7, 11) is 0. The van der Waals surface area contributed by atoms with Crippen molar-refractivity contribution in [3.05, 3.63) is 11.0 Å². The maximum absolute atomic E-state index is 11.2. The maximum atomic E-state index is 11.2. The van der Waals surface area contributed by atoms with Crippen LogP contribution in [0, 0.1) is 0 Å². The average Bonchev–Trinajstić information content (AvgIpc) is 2.04. The SMILES string of the molecule is C/C1=C/CCC(=O)CSCCS1. The minimum Gasteiger partial charge on any atom is -0.299 e. The van der Waals surface area contributed by atoms with E-state index in [1.807, 2.05) is 11.8 Å². The van der Waals surface area contributed by atoms with Crippen LogP contribution in [0.15, 0.2) is 11.0 Å². The Morgan fingerprint density at radius 3 is 3.08 bits per heavy atom. The summed E-state index contributed by atoms with van der Waals surface area (Å²) in [5.41, 5.74) is 0. The molecule has 0 bridgehead atoms. The number of thioether (sulfide) groups is 2. The second-order valence-corrected chi connectivity index (χ2v) is 5.24. The summed E-state index contributed by atoms with van der Waals surface area (Å²) in [5, 5.41) is 0. The van der Waals surface area contributed by atoms with Crippen LogP contribution in [0.4, 0.5) is 0 Å². The van der Waals surface area contributed by atoms with Crippen LogP contribution < -0.4 is 0 Å². The molecule has 0 saturated heterocycles. The largest absolute Gasteiger partial charge is 0.299 e. The summed E-state index contributed by atoms with van der Waals surface area (Å²) in [6.45, 7) is 2.13. The Morgan fingerprint density at radius 1 is 1.42 bits per heavy atom. The molecule has 1 aliphatic rings. The zero-order chi connectivity index (χ0) is 8.81. The van der Waals surface area contributed by atoms with E-state index in [9.17, 15) is 4.79 Å². The molecule has 68 valence electrons. The summed E-state index contributed by atoms with van der Waals surface area (Å²) in [5.74, 6) is 3.35. The first-order valence-corrected chi connectivity index (χ1v) is 6.32. The van der Waals surface area contributed by atoms with Gasteiger partial charge < -0.3 is 0 Å². The van der Waals surface area contributed by atoms with Crippen LogP contribution >= 0.6 is 23.5 Å². The molecular formula is C9H14OS2. The minimum absolute atomic E-state index is 0.399. The molecular weight excluding hydrogens is 188 g/mol. The van der Waals surface area contributed by atoms with E-state index in [1.165, 1.54) is 4.91 Å². The van der Waals surface area contributed by atoms with Crippen molar-refractivity contribution in [2.75, 3.05) is 17.3 Å². The predicted molar refractivity (Wildman–Crippen MR) is 57.8 cm³/mol. The first kappa shape index (κ1) is 10.2. The molecule has 0 atom stereocenters. The van der Waals surface area contributed by atoms with Gasteiger partial charge in [-0.05, 0) is 18.2 Å². The molecule has 0 N–H and O–H groups in total. The molecule has 12 heavy (non-hydrogen) atoms. The van der Waals surface area contributed by atoms with Gasteiger partial charge in [0.05, 0.1) is 5.75 Å². The summed E-state index contributed by atoms with van der Waals surface area (Å²) in [6.07, 6.45) is 3.83. The topological polar surface area (TPSA) is 17.1 Å².